The lowest BCUT2D eigenvalue weighted by molar-refractivity contribution is -0.672. The van der Waals surface area contributed by atoms with Crippen LogP contribution in [0.5, 0.6) is 5.88 Å². The molecule has 0 amide bonds. The number of hydrogen-bond acceptors (Lipinski definition) is 2. The predicted molar refractivity (Wildman–Crippen MR) is 111 cm³/mol. The van der Waals surface area contributed by atoms with Crippen LogP contribution in [0.3, 0.4) is 0 Å². The van der Waals surface area contributed by atoms with Crippen LogP contribution < -0.4 is 10.1 Å². The van der Waals surface area contributed by atoms with E-state index in [4.69, 9.17) is 0 Å². The summed E-state index contributed by atoms with van der Waals surface area (Å²) >= 11 is 0. The van der Waals surface area contributed by atoms with Gasteiger partial charge < -0.3 is 5.11 Å². The first-order chi connectivity index (χ1) is 13.6. The molecule has 0 spiro atoms. The van der Waals surface area contributed by atoms with Crippen LogP contribution in [0, 0.1) is 0 Å². The van der Waals surface area contributed by atoms with Gasteiger partial charge in [0.1, 0.15) is 6.54 Å². The Bertz CT molecular complexity index is 1210. The average Bonchev–Trinajstić information content (AvgIpc) is 2.73. The molecule has 4 heteroatoms. The van der Waals surface area contributed by atoms with E-state index < -0.39 is 0 Å². The Balaban J connectivity index is 1.90. The summed E-state index contributed by atoms with van der Waals surface area (Å²) in [6.45, 7) is 2.49. The summed E-state index contributed by atoms with van der Waals surface area (Å²) in [5, 5.41) is 11.1. The Kier molecular flexibility index (Phi) is 4.77. The molecule has 138 valence electrons. The molecule has 0 aliphatic carbocycles. The van der Waals surface area contributed by atoms with E-state index in [2.05, 4.69) is 6.08 Å². The molecule has 4 rings (SSSR count). The third-order valence-electron chi connectivity index (χ3n) is 4.71. The lowest BCUT2D eigenvalue weighted by Crippen LogP contribution is -2.41. The van der Waals surface area contributed by atoms with Crippen LogP contribution in [0.15, 0.2) is 95.4 Å². The van der Waals surface area contributed by atoms with E-state index in [0.29, 0.717) is 23.3 Å². The monoisotopic (exact) mass is 369 g/mol. The summed E-state index contributed by atoms with van der Waals surface area (Å²) in [5.41, 5.74) is 3.57. The van der Waals surface area contributed by atoms with E-state index in [-0.39, 0.29) is 11.4 Å². The van der Waals surface area contributed by atoms with Crippen LogP contribution in [-0.4, -0.2) is 9.51 Å². The summed E-state index contributed by atoms with van der Waals surface area (Å²) in [7, 11) is 0. The second kappa shape index (κ2) is 7.53. The molecule has 0 saturated carbocycles. The minimum Gasteiger partial charge on any atom is -0.477 e. The van der Waals surface area contributed by atoms with Gasteiger partial charge in [0.05, 0.1) is 6.20 Å². The van der Waals surface area contributed by atoms with Gasteiger partial charge in [0.25, 0.3) is 11.5 Å². The molecular weight excluding hydrogens is 348 g/mol. The van der Waals surface area contributed by atoms with Gasteiger partial charge in [0, 0.05) is 6.07 Å². The molecule has 0 fully saturated rings. The lowest BCUT2D eigenvalue weighted by atomic mass is 10.1. The number of aromatic hydroxyl groups is 1. The molecule has 0 unspecified atom stereocenters. The SMILES string of the molecule is C/C(=C\c1ccccc1)C[n+]1c(O)c(-c2ccccc2)c(=O)n2ccccc21. The van der Waals surface area contributed by atoms with Crippen molar-refractivity contribution in [1.29, 1.82) is 0 Å². The molecule has 28 heavy (non-hydrogen) atoms. The Hall–Kier alpha value is -3.66. The van der Waals surface area contributed by atoms with E-state index in [1.165, 1.54) is 0 Å². The standard InChI is InChI=1S/C24H20N2O2/c1-18(16-19-10-4-2-5-11-19)17-26-21-14-8-9-15-25(21)23(27)22(24(26)28)20-12-6-3-7-13-20/h2-16H,17H2,1H3/p+1/b18-16+. The highest BCUT2D eigenvalue weighted by Crippen LogP contribution is 2.23. The number of fused-ring (bicyclic) bond motifs is 1. The molecule has 0 aliphatic heterocycles. The van der Waals surface area contributed by atoms with E-state index >= 15 is 0 Å². The fourth-order valence-electron chi connectivity index (χ4n) is 3.43. The fraction of sp³-hybridized carbons (Fsp3) is 0.0833. The molecule has 0 aliphatic rings. The van der Waals surface area contributed by atoms with E-state index in [1.54, 1.807) is 15.2 Å². The number of benzene rings is 2. The van der Waals surface area contributed by atoms with E-state index in [1.807, 2.05) is 85.8 Å². The van der Waals surface area contributed by atoms with Gasteiger partial charge in [0.15, 0.2) is 5.56 Å². The van der Waals surface area contributed by atoms with Crippen molar-refractivity contribution in [3.8, 4) is 17.0 Å². The van der Waals surface area contributed by atoms with Gasteiger partial charge in [-0.3, -0.25) is 0 Å². The number of pyridine rings is 1. The topological polar surface area (TPSA) is 45.6 Å². The van der Waals surface area contributed by atoms with Crippen molar-refractivity contribution in [3.63, 3.8) is 0 Å². The number of aromatic nitrogens is 2. The zero-order valence-corrected chi connectivity index (χ0v) is 15.6. The Morgan fingerprint density at radius 2 is 1.61 bits per heavy atom. The van der Waals surface area contributed by atoms with Crippen LogP contribution in [-0.2, 0) is 6.54 Å². The first-order valence-electron chi connectivity index (χ1n) is 9.19. The van der Waals surface area contributed by atoms with Crippen LogP contribution in [0.1, 0.15) is 12.5 Å². The highest BCUT2D eigenvalue weighted by atomic mass is 16.3. The third kappa shape index (κ3) is 3.32. The number of allylic oxidation sites excluding steroid dienone is 1. The third-order valence-corrected chi connectivity index (χ3v) is 4.71. The number of hydrogen-bond donors (Lipinski definition) is 1. The number of nitrogens with zero attached hydrogens (tertiary/aromatic N) is 2. The van der Waals surface area contributed by atoms with Gasteiger partial charge >= 0.3 is 5.56 Å². The van der Waals surface area contributed by atoms with Gasteiger partial charge in [-0.2, -0.15) is 8.97 Å². The minimum atomic E-state index is -0.236. The van der Waals surface area contributed by atoms with Crippen molar-refractivity contribution < 1.29 is 9.67 Å². The molecule has 4 aromatic rings. The number of rotatable bonds is 4. The Morgan fingerprint density at radius 1 is 0.964 bits per heavy atom. The molecular formula is C24H21N2O2+. The van der Waals surface area contributed by atoms with Gasteiger partial charge in [-0.25, -0.2) is 4.79 Å². The smallest absolute Gasteiger partial charge is 0.354 e. The second-order valence-corrected chi connectivity index (χ2v) is 6.79. The highest BCUT2D eigenvalue weighted by Gasteiger charge is 2.24. The maximum Gasteiger partial charge on any atom is 0.354 e. The van der Waals surface area contributed by atoms with Crippen molar-refractivity contribution in [2.75, 3.05) is 0 Å². The average molecular weight is 369 g/mol. The Labute approximate surface area is 163 Å². The van der Waals surface area contributed by atoms with E-state index in [0.717, 1.165) is 11.1 Å². The van der Waals surface area contributed by atoms with Crippen molar-refractivity contribution in [2.45, 2.75) is 13.5 Å². The van der Waals surface area contributed by atoms with Crippen molar-refractivity contribution in [2.24, 2.45) is 0 Å². The van der Waals surface area contributed by atoms with Crippen LogP contribution in [0.2, 0.25) is 0 Å². The molecule has 2 aromatic carbocycles. The van der Waals surface area contributed by atoms with Crippen molar-refractivity contribution >= 4 is 11.7 Å². The molecule has 0 atom stereocenters. The van der Waals surface area contributed by atoms with Gasteiger partial charge in [0.2, 0.25) is 0 Å². The van der Waals surface area contributed by atoms with Crippen molar-refractivity contribution in [1.82, 2.24) is 4.40 Å². The molecule has 2 heterocycles. The maximum atomic E-state index is 13.1. The van der Waals surface area contributed by atoms with Crippen molar-refractivity contribution in [3.05, 3.63) is 107 Å². The zero-order chi connectivity index (χ0) is 19.5. The van der Waals surface area contributed by atoms with Crippen LogP contribution in [0.25, 0.3) is 22.9 Å². The molecule has 2 aromatic heterocycles. The first-order valence-corrected chi connectivity index (χ1v) is 9.19. The van der Waals surface area contributed by atoms with Crippen LogP contribution >= 0.6 is 0 Å². The van der Waals surface area contributed by atoms with Gasteiger partial charge in [-0.15, -0.1) is 0 Å². The molecule has 4 nitrogen and oxygen atoms in total. The summed E-state index contributed by atoms with van der Waals surface area (Å²) in [6.07, 6.45) is 3.81. The van der Waals surface area contributed by atoms with Gasteiger partial charge in [-0.1, -0.05) is 72.8 Å². The minimum absolute atomic E-state index is 0.0248. The first kappa shape index (κ1) is 17.7. The van der Waals surface area contributed by atoms with Crippen LogP contribution in [0.4, 0.5) is 0 Å². The zero-order valence-electron chi connectivity index (χ0n) is 15.6. The molecule has 0 radical (unpaired) electrons. The summed E-state index contributed by atoms with van der Waals surface area (Å²) < 4.78 is 3.36. The summed E-state index contributed by atoms with van der Waals surface area (Å²) in [4.78, 5) is 13.1. The second-order valence-electron chi connectivity index (χ2n) is 6.79. The largest absolute Gasteiger partial charge is 0.477 e. The molecule has 0 bridgehead atoms. The fourth-order valence-corrected chi connectivity index (χ4v) is 3.43. The quantitative estimate of drug-likeness (QED) is 0.551. The molecule has 1 N–H and O–H groups in total. The predicted octanol–water partition coefficient (Wildman–Crippen LogP) is 4.06. The summed E-state index contributed by atoms with van der Waals surface area (Å²) in [5.74, 6) is -0.0248. The molecule has 0 saturated heterocycles. The van der Waals surface area contributed by atoms with Gasteiger partial charge in [-0.05, 0) is 29.7 Å². The maximum absolute atomic E-state index is 13.1. The lowest BCUT2D eigenvalue weighted by Gasteiger charge is -2.10. The van der Waals surface area contributed by atoms with E-state index in [9.17, 15) is 9.90 Å². The highest BCUT2D eigenvalue weighted by molar-refractivity contribution is 5.67. The summed E-state index contributed by atoms with van der Waals surface area (Å²) in [6, 6.07) is 24.9. The Morgan fingerprint density at radius 3 is 2.32 bits per heavy atom. The normalized spacial score (nSPS) is 11.7.